The fraction of sp³-hybridized carbons (Fsp3) is 0.167. The van der Waals surface area contributed by atoms with Crippen molar-refractivity contribution in [2.75, 3.05) is 14.2 Å². The number of hydrogen-bond donors (Lipinski definition) is 0. The molecule has 0 unspecified atom stereocenters. The number of methoxy groups -OCH3 is 2. The summed E-state index contributed by atoms with van der Waals surface area (Å²) in [6.07, 6.45) is 1.38. The molecule has 40 heavy (non-hydrogen) atoms. The Bertz CT molecular complexity index is 1830. The van der Waals surface area contributed by atoms with Gasteiger partial charge in [-0.2, -0.15) is 0 Å². The summed E-state index contributed by atoms with van der Waals surface area (Å²) >= 11 is 6.30. The Morgan fingerprint density at radius 2 is 1.70 bits per heavy atom. The van der Waals surface area contributed by atoms with E-state index < -0.39 is 17.2 Å². The lowest BCUT2D eigenvalue weighted by Crippen LogP contribution is -2.23. The van der Waals surface area contributed by atoms with Crippen LogP contribution in [0.1, 0.15) is 21.6 Å². The summed E-state index contributed by atoms with van der Waals surface area (Å²) in [5.41, 5.74) is 1.45. The molecule has 0 spiro atoms. The van der Waals surface area contributed by atoms with Crippen LogP contribution in [-0.4, -0.2) is 34.4 Å². The zero-order valence-electron chi connectivity index (χ0n) is 22.2. The number of halogens is 2. The molecule has 2 aromatic heterocycles. The number of ketones is 1. The Morgan fingerprint density at radius 3 is 2.40 bits per heavy atom. The van der Waals surface area contributed by atoms with Crippen LogP contribution in [0.2, 0.25) is 5.02 Å². The summed E-state index contributed by atoms with van der Waals surface area (Å²) in [5.74, 6) is 0.232. The maximum absolute atomic E-state index is 15.2. The van der Waals surface area contributed by atoms with Crippen LogP contribution in [0.25, 0.3) is 16.6 Å². The predicted molar refractivity (Wildman–Crippen MR) is 150 cm³/mol. The number of benzene rings is 3. The van der Waals surface area contributed by atoms with E-state index in [9.17, 15) is 9.59 Å². The van der Waals surface area contributed by atoms with Crippen molar-refractivity contribution in [2.45, 2.75) is 13.3 Å². The lowest BCUT2D eigenvalue weighted by Gasteiger charge is -2.13. The van der Waals surface area contributed by atoms with Gasteiger partial charge in [0.2, 0.25) is 0 Å². The number of para-hydroxylation sites is 1. The van der Waals surface area contributed by atoms with E-state index in [-0.39, 0.29) is 17.7 Å². The summed E-state index contributed by atoms with van der Waals surface area (Å²) in [7, 11) is 4.72. The molecule has 0 N–H and O–H groups in total. The van der Waals surface area contributed by atoms with Gasteiger partial charge in [-0.1, -0.05) is 29.8 Å². The van der Waals surface area contributed by atoms with E-state index in [1.165, 1.54) is 31.0 Å². The van der Waals surface area contributed by atoms with Gasteiger partial charge in [0, 0.05) is 36.8 Å². The number of fused-ring (bicyclic) bond motifs is 1. The van der Waals surface area contributed by atoms with Crippen molar-refractivity contribution in [3.05, 3.63) is 105 Å². The number of nitrogens with zero attached hydrogens (tertiary/aromatic N) is 3. The molecular weight excluding hydrogens is 537 g/mol. The Labute approximate surface area is 234 Å². The Hall–Kier alpha value is -4.63. The SMILES string of the molecule is COc1cc2nccc(Oc3ccc(CC(=O)c4c(C)n(C)n(-c5ccccc5Cl)c4=O)cc3F)c2cc1OC. The number of carbonyl (C=O) groups is 1. The topological polar surface area (TPSA) is 84.6 Å². The summed E-state index contributed by atoms with van der Waals surface area (Å²) in [4.78, 5) is 30.8. The molecule has 204 valence electrons. The van der Waals surface area contributed by atoms with Gasteiger partial charge in [0.25, 0.3) is 5.56 Å². The van der Waals surface area contributed by atoms with E-state index >= 15 is 4.39 Å². The van der Waals surface area contributed by atoms with Crippen LogP contribution >= 0.6 is 11.6 Å². The highest BCUT2D eigenvalue weighted by atomic mass is 35.5. The van der Waals surface area contributed by atoms with Gasteiger partial charge in [0.05, 0.1) is 30.4 Å². The van der Waals surface area contributed by atoms with E-state index in [4.69, 9.17) is 25.8 Å². The fourth-order valence-corrected chi connectivity index (χ4v) is 4.81. The van der Waals surface area contributed by atoms with Crippen LogP contribution < -0.4 is 19.8 Å². The molecule has 0 aliphatic heterocycles. The molecule has 8 nitrogen and oxygen atoms in total. The lowest BCUT2D eigenvalue weighted by molar-refractivity contribution is 0.0991. The molecule has 0 amide bonds. The number of rotatable bonds is 8. The van der Waals surface area contributed by atoms with Gasteiger partial charge >= 0.3 is 0 Å². The molecule has 0 saturated heterocycles. The number of pyridine rings is 1. The first-order valence-corrected chi connectivity index (χ1v) is 12.6. The van der Waals surface area contributed by atoms with Crippen molar-refractivity contribution in [3.8, 4) is 28.7 Å². The number of hydrogen-bond acceptors (Lipinski definition) is 6. The Balaban J connectivity index is 1.42. The van der Waals surface area contributed by atoms with E-state index in [0.717, 1.165) is 0 Å². The van der Waals surface area contributed by atoms with E-state index in [2.05, 4.69) is 4.98 Å². The van der Waals surface area contributed by atoms with Crippen LogP contribution in [0, 0.1) is 12.7 Å². The number of carbonyl (C=O) groups excluding carboxylic acids is 1. The minimum Gasteiger partial charge on any atom is -0.493 e. The van der Waals surface area contributed by atoms with Gasteiger partial charge in [0.1, 0.15) is 11.3 Å². The monoisotopic (exact) mass is 561 g/mol. The zero-order chi connectivity index (χ0) is 28.6. The second kappa shape index (κ2) is 10.9. The van der Waals surface area contributed by atoms with Crippen LogP contribution in [0.3, 0.4) is 0 Å². The molecule has 5 rings (SSSR count). The van der Waals surface area contributed by atoms with Crippen molar-refractivity contribution in [2.24, 2.45) is 7.05 Å². The number of Topliss-reactive ketones (excluding diaryl/α,β-unsaturated/α-hetero) is 1. The highest BCUT2D eigenvalue weighted by molar-refractivity contribution is 6.32. The smallest absolute Gasteiger partial charge is 0.282 e. The predicted octanol–water partition coefficient (Wildman–Crippen LogP) is 6.06. The van der Waals surface area contributed by atoms with Crippen LogP contribution in [0.4, 0.5) is 4.39 Å². The lowest BCUT2D eigenvalue weighted by atomic mass is 10.0. The third-order valence-electron chi connectivity index (χ3n) is 6.70. The van der Waals surface area contributed by atoms with Gasteiger partial charge in [-0.25, -0.2) is 9.07 Å². The summed E-state index contributed by atoms with van der Waals surface area (Å²) in [6.45, 7) is 1.68. The third kappa shape index (κ3) is 4.80. The molecule has 10 heteroatoms. The summed E-state index contributed by atoms with van der Waals surface area (Å²) in [5, 5.41) is 0.981. The minimum absolute atomic E-state index is 0.0239. The van der Waals surface area contributed by atoms with Gasteiger partial charge in [-0.15, -0.1) is 0 Å². The number of ether oxygens (including phenoxy) is 3. The Morgan fingerprint density at radius 1 is 0.975 bits per heavy atom. The molecule has 3 aromatic carbocycles. The first kappa shape index (κ1) is 27.0. The standard InChI is InChI=1S/C30H25ClFN3O5/c1-17-29(30(37)35(34(17)2)23-8-6-5-7-20(23)31)24(36)14-18-9-10-26(21(32)13-18)40-25-11-12-33-22-16-28(39-4)27(38-3)15-19(22)25/h5-13,15-16H,14H2,1-4H3. The first-order chi connectivity index (χ1) is 19.2. The van der Waals surface area contributed by atoms with E-state index in [1.54, 1.807) is 73.4 Å². The summed E-state index contributed by atoms with van der Waals surface area (Å²) in [6, 6.07) is 16.2. The van der Waals surface area contributed by atoms with Crippen molar-refractivity contribution in [1.82, 2.24) is 14.3 Å². The molecular formula is C30H25ClFN3O5. The van der Waals surface area contributed by atoms with Gasteiger partial charge in [-0.05, 0) is 48.9 Å². The second-order valence-corrected chi connectivity index (χ2v) is 9.46. The van der Waals surface area contributed by atoms with Gasteiger partial charge in [0.15, 0.2) is 28.8 Å². The molecule has 0 aliphatic rings. The number of aromatic nitrogens is 3. The fourth-order valence-electron chi connectivity index (χ4n) is 4.59. The normalized spacial score (nSPS) is 11.1. The average Bonchev–Trinajstić information content (AvgIpc) is 3.17. The van der Waals surface area contributed by atoms with Crippen molar-refractivity contribution in [1.29, 1.82) is 0 Å². The largest absolute Gasteiger partial charge is 0.493 e. The second-order valence-electron chi connectivity index (χ2n) is 9.05. The van der Waals surface area contributed by atoms with Crippen LogP contribution in [0.15, 0.2) is 71.7 Å². The van der Waals surface area contributed by atoms with Crippen LogP contribution in [0.5, 0.6) is 23.0 Å². The average molecular weight is 562 g/mol. The van der Waals surface area contributed by atoms with Gasteiger partial charge < -0.3 is 14.2 Å². The quantitative estimate of drug-likeness (QED) is 0.214. The maximum atomic E-state index is 15.2. The highest BCUT2D eigenvalue weighted by Crippen LogP contribution is 2.37. The molecule has 0 radical (unpaired) electrons. The molecule has 0 aliphatic carbocycles. The van der Waals surface area contributed by atoms with Crippen LogP contribution in [-0.2, 0) is 13.5 Å². The molecule has 0 bridgehead atoms. The molecule has 0 fully saturated rings. The zero-order valence-corrected chi connectivity index (χ0v) is 23.0. The minimum atomic E-state index is -0.658. The third-order valence-corrected chi connectivity index (χ3v) is 7.02. The Kier molecular flexibility index (Phi) is 7.32. The molecule has 0 atom stereocenters. The first-order valence-electron chi connectivity index (χ1n) is 12.3. The van der Waals surface area contributed by atoms with Gasteiger partial charge in [-0.3, -0.25) is 19.3 Å². The van der Waals surface area contributed by atoms with Crippen molar-refractivity contribution < 1.29 is 23.4 Å². The van der Waals surface area contributed by atoms with E-state index in [1.807, 2.05) is 0 Å². The van der Waals surface area contributed by atoms with Crippen molar-refractivity contribution >= 4 is 28.3 Å². The molecule has 2 heterocycles. The van der Waals surface area contributed by atoms with E-state index in [0.29, 0.717) is 50.1 Å². The molecule has 5 aromatic rings. The van der Waals surface area contributed by atoms with Crippen molar-refractivity contribution in [3.63, 3.8) is 0 Å². The maximum Gasteiger partial charge on any atom is 0.282 e. The molecule has 0 saturated carbocycles. The summed E-state index contributed by atoms with van der Waals surface area (Å²) < 4.78 is 34.7. The highest BCUT2D eigenvalue weighted by Gasteiger charge is 2.23.